The van der Waals surface area contributed by atoms with Gasteiger partial charge in [0.2, 0.25) is 23.2 Å². The molecular formula is C23H24O13. The number of aliphatic hydroxyl groups is 4. The van der Waals surface area contributed by atoms with E-state index in [0.29, 0.717) is 0 Å². The number of fused-ring (bicyclic) bond motifs is 1. The maximum atomic E-state index is 13.6. The molecule has 0 bridgehead atoms. The van der Waals surface area contributed by atoms with Gasteiger partial charge in [-0.05, 0) is 18.2 Å². The minimum absolute atomic E-state index is 0.0350. The fourth-order valence-electron chi connectivity index (χ4n) is 3.87. The fourth-order valence-corrected chi connectivity index (χ4v) is 3.87. The molecule has 194 valence electrons. The molecule has 1 aromatic heterocycles. The van der Waals surface area contributed by atoms with E-state index in [0.717, 1.165) is 12.1 Å². The topological polar surface area (TPSA) is 209 Å². The van der Waals surface area contributed by atoms with Gasteiger partial charge >= 0.3 is 0 Å². The molecule has 7 N–H and O–H groups in total. The molecule has 0 amide bonds. The second-order valence-electron chi connectivity index (χ2n) is 7.94. The van der Waals surface area contributed by atoms with Gasteiger partial charge in [-0.15, -0.1) is 0 Å². The number of methoxy groups -OCH3 is 2. The molecule has 0 aliphatic carbocycles. The first-order chi connectivity index (χ1) is 17.1. The normalized spacial score (nSPS) is 24.0. The van der Waals surface area contributed by atoms with Crippen LogP contribution in [0.3, 0.4) is 0 Å². The number of phenols is 3. The van der Waals surface area contributed by atoms with Crippen molar-refractivity contribution in [3.05, 3.63) is 34.5 Å². The van der Waals surface area contributed by atoms with Crippen molar-refractivity contribution in [3.8, 4) is 45.8 Å². The Balaban J connectivity index is 1.96. The molecule has 0 radical (unpaired) electrons. The van der Waals surface area contributed by atoms with Crippen molar-refractivity contribution in [3.63, 3.8) is 0 Å². The van der Waals surface area contributed by atoms with Crippen LogP contribution in [0.5, 0.6) is 34.5 Å². The lowest BCUT2D eigenvalue weighted by molar-refractivity contribution is -0.277. The number of rotatable bonds is 6. The van der Waals surface area contributed by atoms with E-state index in [4.69, 9.17) is 23.4 Å². The predicted molar refractivity (Wildman–Crippen MR) is 120 cm³/mol. The molecule has 13 heteroatoms. The molecule has 5 atom stereocenters. The van der Waals surface area contributed by atoms with E-state index in [2.05, 4.69) is 0 Å². The van der Waals surface area contributed by atoms with E-state index in [-0.39, 0.29) is 33.8 Å². The standard InChI is InChI=1S/C23H24O13/c1-32-12-6-11-14(16(28)21(12)33-2)17(29)22(20(34-11)8-3-4-9(25)10(26)5-8)36-23-19(31)18(30)15(27)13(7-24)35-23/h3-6,13,15,18-19,23-28,30-31H,7H2,1-2H3/t13-,15-,18-,19+,23+/m1/s1. The molecule has 1 saturated heterocycles. The van der Waals surface area contributed by atoms with Crippen LogP contribution < -0.4 is 19.6 Å². The minimum Gasteiger partial charge on any atom is -0.504 e. The molecule has 1 aliphatic rings. The van der Waals surface area contributed by atoms with Crippen LogP contribution in [-0.2, 0) is 4.74 Å². The van der Waals surface area contributed by atoms with Gasteiger partial charge in [0.05, 0.1) is 20.8 Å². The number of benzene rings is 2. The Morgan fingerprint density at radius 1 is 0.917 bits per heavy atom. The third-order valence-corrected chi connectivity index (χ3v) is 5.78. The lowest BCUT2D eigenvalue weighted by atomic mass is 9.99. The molecule has 13 nitrogen and oxygen atoms in total. The Morgan fingerprint density at radius 2 is 1.64 bits per heavy atom. The monoisotopic (exact) mass is 508 g/mol. The summed E-state index contributed by atoms with van der Waals surface area (Å²) < 4.78 is 27.1. The van der Waals surface area contributed by atoms with Crippen molar-refractivity contribution in [1.29, 1.82) is 0 Å². The number of ether oxygens (including phenoxy) is 4. The van der Waals surface area contributed by atoms with Crippen molar-refractivity contribution in [1.82, 2.24) is 0 Å². The van der Waals surface area contributed by atoms with Gasteiger partial charge in [0.15, 0.2) is 28.8 Å². The van der Waals surface area contributed by atoms with E-state index < -0.39 is 65.7 Å². The van der Waals surface area contributed by atoms with Crippen LogP contribution >= 0.6 is 0 Å². The van der Waals surface area contributed by atoms with Crippen molar-refractivity contribution in [2.75, 3.05) is 20.8 Å². The Labute approximate surface area is 202 Å². The summed E-state index contributed by atoms with van der Waals surface area (Å²) in [4.78, 5) is 13.6. The summed E-state index contributed by atoms with van der Waals surface area (Å²) in [5.74, 6) is -2.73. The largest absolute Gasteiger partial charge is 0.504 e. The van der Waals surface area contributed by atoms with E-state index >= 15 is 0 Å². The molecular weight excluding hydrogens is 484 g/mol. The van der Waals surface area contributed by atoms with Gasteiger partial charge in [0.1, 0.15) is 35.4 Å². The lowest BCUT2D eigenvalue weighted by Gasteiger charge is -2.39. The van der Waals surface area contributed by atoms with Gasteiger partial charge in [-0.25, -0.2) is 0 Å². The molecule has 0 spiro atoms. The van der Waals surface area contributed by atoms with Gasteiger partial charge in [0.25, 0.3) is 0 Å². The quantitative estimate of drug-likeness (QED) is 0.215. The van der Waals surface area contributed by atoms with E-state index in [1.54, 1.807) is 0 Å². The van der Waals surface area contributed by atoms with Crippen LogP contribution in [0.4, 0.5) is 0 Å². The van der Waals surface area contributed by atoms with Crippen LogP contribution in [-0.4, -0.2) is 87.3 Å². The zero-order valence-electron chi connectivity index (χ0n) is 19.0. The molecule has 2 heterocycles. The smallest absolute Gasteiger partial charge is 0.239 e. The fraction of sp³-hybridized carbons (Fsp3) is 0.348. The van der Waals surface area contributed by atoms with Gasteiger partial charge in [-0.1, -0.05) is 0 Å². The van der Waals surface area contributed by atoms with Crippen molar-refractivity contribution in [2.24, 2.45) is 0 Å². The highest BCUT2D eigenvalue weighted by Crippen LogP contribution is 2.44. The number of aromatic hydroxyl groups is 3. The molecule has 0 unspecified atom stereocenters. The molecule has 1 fully saturated rings. The number of phenolic OH excluding ortho intramolecular Hbond substituents is 3. The van der Waals surface area contributed by atoms with Gasteiger partial charge < -0.3 is 59.1 Å². The Morgan fingerprint density at radius 3 is 2.25 bits per heavy atom. The SMILES string of the molecule is COc1cc2oc(-c3ccc(O)c(O)c3)c(O[C@@H]3O[C@H](CO)[C@@H](O)[C@@H](O)[C@@H]3O)c(=O)c2c(O)c1OC. The van der Waals surface area contributed by atoms with Crippen molar-refractivity contribution < 1.29 is 59.1 Å². The second kappa shape index (κ2) is 9.72. The molecule has 36 heavy (non-hydrogen) atoms. The molecule has 4 rings (SSSR count). The van der Waals surface area contributed by atoms with Crippen molar-refractivity contribution in [2.45, 2.75) is 30.7 Å². The van der Waals surface area contributed by atoms with Gasteiger partial charge in [-0.3, -0.25) is 4.79 Å². The van der Waals surface area contributed by atoms with Crippen LogP contribution in [0.1, 0.15) is 0 Å². The van der Waals surface area contributed by atoms with E-state index in [1.807, 2.05) is 0 Å². The summed E-state index contributed by atoms with van der Waals surface area (Å²) in [5, 5.41) is 70.0. The average Bonchev–Trinajstić information content (AvgIpc) is 2.86. The average molecular weight is 508 g/mol. The Kier molecular flexibility index (Phi) is 6.84. The first-order valence-corrected chi connectivity index (χ1v) is 10.6. The van der Waals surface area contributed by atoms with Crippen LogP contribution in [0, 0.1) is 0 Å². The summed E-state index contributed by atoms with van der Waals surface area (Å²) >= 11 is 0. The summed E-state index contributed by atoms with van der Waals surface area (Å²) in [6, 6.07) is 4.76. The van der Waals surface area contributed by atoms with E-state index in [9.17, 15) is 40.5 Å². The van der Waals surface area contributed by atoms with E-state index in [1.165, 1.54) is 26.4 Å². The first-order valence-electron chi connectivity index (χ1n) is 10.6. The third kappa shape index (κ3) is 4.12. The zero-order valence-corrected chi connectivity index (χ0v) is 19.0. The highest BCUT2D eigenvalue weighted by Gasteiger charge is 2.45. The number of hydrogen-bond acceptors (Lipinski definition) is 13. The zero-order chi connectivity index (χ0) is 26.3. The second-order valence-corrected chi connectivity index (χ2v) is 7.94. The Hall–Kier alpha value is -3.75. The summed E-state index contributed by atoms with van der Waals surface area (Å²) in [6.07, 6.45) is -8.44. The highest BCUT2D eigenvalue weighted by molar-refractivity contribution is 5.91. The highest BCUT2D eigenvalue weighted by atomic mass is 16.7. The molecule has 2 aromatic carbocycles. The maximum absolute atomic E-state index is 13.6. The number of hydrogen-bond donors (Lipinski definition) is 7. The van der Waals surface area contributed by atoms with Gasteiger partial charge in [0, 0.05) is 11.6 Å². The van der Waals surface area contributed by atoms with Crippen molar-refractivity contribution >= 4 is 11.0 Å². The lowest BCUT2D eigenvalue weighted by Crippen LogP contribution is -2.60. The predicted octanol–water partition coefficient (Wildman–Crippen LogP) is -0.227. The maximum Gasteiger partial charge on any atom is 0.239 e. The summed E-state index contributed by atoms with van der Waals surface area (Å²) in [7, 11) is 2.54. The van der Waals surface area contributed by atoms with Gasteiger partial charge in [-0.2, -0.15) is 0 Å². The van der Waals surface area contributed by atoms with Crippen LogP contribution in [0.2, 0.25) is 0 Å². The molecule has 3 aromatic rings. The molecule has 0 saturated carbocycles. The summed E-state index contributed by atoms with van der Waals surface area (Å²) in [5.41, 5.74) is -1.09. The number of aliphatic hydroxyl groups excluding tert-OH is 4. The van der Waals surface area contributed by atoms with Crippen LogP contribution in [0.15, 0.2) is 33.5 Å². The Bertz CT molecular complexity index is 1330. The molecule has 1 aliphatic heterocycles. The third-order valence-electron chi connectivity index (χ3n) is 5.78. The minimum atomic E-state index is -1.86. The van der Waals surface area contributed by atoms with Crippen LogP contribution in [0.25, 0.3) is 22.3 Å². The first kappa shape index (κ1) is 25.3. The summed E-state index contributed by atoms with van der Waals surface area (Å²) in [6.45, 7) is -0.742.